The first kappa shape index (κ1) is 18.5. The summed E-state index contributed by atoms with van der Waals surface area (Å²) >= 11 is 0. The van der Waals surface area contributed by atoms with Gasteiger partial charge in [0.25, 0.3) is 0 Å². The fraction of sp³-hybridized carbons (Fsp3) is 0.588. The molecule has 140 valence electrons. The number of nitrogens with zero attached hydrogens (tertiary/aromatic N) is 3. The fourth-order valence-corrected chi connectivity index (χ4v) is 3.05. The molecule has 0 saturated carbocycles. The third-order valence-electron chi connectivity index (χ3n) is 4.51. The summed E-state index contributed by atoms with van der Waals surface area (Å²) in [7, 11) is 3.45. The predicted octanol–water partition coefficient (Wildman–Crippen LogP) is 1.08. The van der Waals surface area contributed by atoms with Crippen LogP contribution >= 0.6 is 0 Å². The molecule has 1 aromatic rings. The maximum Gasteiger partial charge on any atom is 0.237 e. The van der Waals surface area contributed by atoms with Crippen LogP contribution < -0.4 is 26.3 Å². The van der Waals surface area contributed by atoms with Gasteiger partial charge in [-0.05, 0) is 38.3 Å². The van der Waals surface area contributed by atoms with Crippen molar-refractivity contribution < 1.29 is 4.74 Å². The molecule has 0 aromatic carbocycles. The van der Waals surface area contributed by atoms with Crippen LogP contribution in [-0.4, -0.2) is 42.0 Å². The van der Waals surface area contributed by atoms with Crippen LogP contribution in [0.25, 0.3) is 0 Å². The monoisotopic (exact) mass is 359 g/mol. The summed E-state index contributed by atoms with van der Waals surface area (Å²) in [5.74, 6) is 6.57. The number of nitroso groups, excluding NO2 is 1. The van der Waals surface area contributed by atoms with Crippen molar-refractivity contribution >= 4 is 5.69 Å². The van der Waals surface area contributed by atoms with Crippen molar-refractivity contribution in [2.24, 2.45) is 5.18 Å². The van der Waals surface area contributed by atoms with Crippen molar-refractivity contribution in [3.05, 3.63) is 22.7 Å². The number of hydrogen-bond acceptors (Lipinski definition) is 9. The zero-order chi connectivity index (χ0) is 18.7. The Labute approximate surface area is 153 Å². The minimum atomic E-state index is -0.906. The zero-order valence-electron chi connectivity index (χ0n) is 15.5. The second-order valence-corrected chi connectivity index (χ2v) is 6.87. The Kier molecular flexibility index (Phi) is 5.38. The maximum absolute atomic E-state index is 10.8. The molecule has 0 amide bonds. The summed E-state index contributed by atoms with van der Waals surface area (Å²) in [4.78, 5) is 15.2. The van der Waals surface area contributed by atoms with Gasteiger partial charge in [-0.25, -0.2) is 21.3 Å². The number of anilines is 1. The van der Waals surface area contributed by atoms with Crippen LogP contribution in [0.5, 0.6) is 5.88 Å². The van der Waals surface area contributed by atoms with E-state index in [9.17, 15) is 4.91 Å². The van der Waals surface area contributed by atoms with Gasteiger partial charge in [0, 0.05) is 19.3 Å². The Hall–Kier alpha value is -2.25. The van der Waals surface area contributed by atoms with Crippen molar-refractivity contribution in [2.45, 2.75) is 50.6 Å². The lowest BCUT2D eigenvalue weighted by Crippen LogP contribution is -2.53. The van der Waals surface area contributed by atoms with E-state index in [1.54, 1.807) is 21.0 Å². The molecule has 3 atom stereocenters. The molecule has 9 nitrogen and oxygen atoms in total. The molecule has 2 aliphatic rings. The fourth-order valence-electron chi connectivity index (χ4n) is 3.05. The normalized spacial score (nSPS) is 25.8. The molecule has 0 spiro atoms. The molecular formula is C17H25N7O2. The third kappa shape index (κ3) is 3.78. The summed E-state index contributed by atoms with van der Waals surface area (Å²) in [6, 6.07) is 2.15. The Morgan fingerprint density at radius 3 is 2.92 bits per heavy atom. The van der Waals surface area contributed by atoms with Crippen molar-refractivity contribution in [1.82, 2.24) is 26.3 Å². The molecule has 1 aromatic heterocycles. The second-order valence-electron chi connectivity index (χ2n) is 6.87. The van der Waals surface area contributed by atoms with E-state index in [1.165, 1.54) is 0 Å². The third-order valence-corrected chi connectivity index (χ3v) is 4.51. The highest BCUT2D eigenvalue weighted by Gasteiger charge is 2.38. The van der Waals surface area contributed by atoms with Gasteiger partial charge in [-0.1, -0.05) is 17.0 Å². The Bertz CT molecular complexity index is 728. The number of ether oxygens (including phenoxy) is 1. The smallest absolute Gasteiger partial charge is 0.237 e. The van der Waals surface area contributed by atoms with Crippen LogP contribution in [0.2, 0.25) is 0 Å². The maximum atomic E-state index is 10.8. The molecule has 26 heavy (non-hydrogen) atoms. The standard InChI is InChI=1S/C17H25N7O2/c1-17(2,23-25)8-7-15-21-20-14-6-5-12(22-24(14)15)11-9-13(18-3)16(26-4)19-10-11/h9-10,12,14-15,18,20-22H,5-6H2,1-4H3. The van der Waals surface area contributed by atoms with Crippen molar-refractivity contribution in [3.8, 4) is 17.7 Å². The molecular weight excluding hydrogens is 334 g/mol. The lowest BCUT2D eigenvalue weighted by atomic mass is 10.0. The van der Waals surface area contributed by atoms with Gasteiger partial charge in [-0.2, -0.15) is 5.01 Å². The summed E-state index contributed by atoms with van der Waals surface area (Å²) in [6.45, 7) is 3.39. The highest BCUT2D eigenvalue weighted by molar-refractivity contribution is 5.53. The quantitative estimate of drug-likeness (QED) is 0.468. The molecule has 2 saturated heterocycles. The molecule has 0 aliphatic carbocycles. The molecule has 2 fully saturated rings. The van der Waals surface area contributed by atoms with Gasteiger partial charge in [-0.3, -0.25) is 0 Å². The molecule has 9 heteroatoms. The number of methoxy groups -OCH3 is 1. The van der Waals surface area contributed by atoms with Crippen molar-refractivity contribution in [1.29, 1.82) is 0 Å². The summed E-state index contributed by atoms with van der Waals surface area (Å²) in [5, 5.41) is 8.20. The lowest BCUT2D eigenvalue weighted by molar-refractivity contribution is 0.0614. The molecule has 0 radical (unpaired) electrons. The van der Waals surface area contributed by atoms with Crippen LogP contribution in [0, 0.1) is 16.7 Å². The van der Waals surface area contributed by atoms with Crippen molar-refractivity contribution in [3.63, 3.8) is 0 Å². The van der Waals surface area contributed by atoms with Crippen LogP contribution in [0.3, 0.4) is 0 Å². The lowest BCUT2D eigenvalue weighted by Gasteiger charge is -2.36. The first-order chi connectivity index (χ1) is 12.5. The number of pyridine rings is 1. The van der Waals surface area contributed by atoms with Gasteiger partial charge in [0.15, 0.2) is 11.7 Å². The van der Waals surface area contributed by atoms with E-state index < -0.39 is 5.54 Å². The average Bonchev–Trinajstić information content (AvgIpc) is 3.08. The Morgan fingerprint density at radius 2 is 2.23 bits per heavy atom. The minimum absolute atomic E-state index is 0.111. The van der Waals surface area contributed by atoms with Gasteiger partial charge < -0.3 is 10.1 Å². The summed E-state index contributed by atoms with van der Waals surface area (Å²) in [5.41, 5.74) is 10.9. The minimum Gasteiger partial charge on any atom is -0.480 e. The molecule has 3 unspecified atom stereocenters. The van der Waals surface area contributed by atoms with Gasteiger partial charge in [-0.15, -0.1) is 4.91 Å². The Morgan fingerprint density at radius 1 is 1.42 bits per heavy atom. The average molecular weight is 359 g/mol. The van der Waals surface area contributed by atoms with Gasteiger partial charge in [0.1, 0.15) is 0 Å². The summed E-state index contributed by atoms with van der Waals surface area (Å²) in [6.07, 6.45) is 3.61. The number of hydrazine groups is 2. The highest BCUT2D eigenvalue weighted by atomic mass is 16.5. The van der Waals surface area contributed by atoms with E-state index in [0.29, 0.717) is 5.88 Å². The number of rotatable bonds is 4. The largest absolute Gasteiger partial charge is 0.480 e. The van der Waals surface area contributed by atoms with E-state index >= 15 is 0 Å². The predicted molar refractivity (Wildman–Crippen MR) is 98.8 cm³/mol. The van der Waals surface area contributed by atoms with Crippen LogP contribution in [0.15, 0.2) is 17.4 Å². The summed E-state index contributed by atoms with van der Waals surface area (Å²) < 4.78 is 5.26. The SMILES string of the molecule is CNc1cc(C2CCC3NNC(C#CC(C)(C)N=O)N3N2)cnc1OC. The van der Waals surface area contributed by atoms with Crippen LogP contribution in [0.4, 0.5) is 5.69 Å². The number of aromatic nitrogens is 1. The molecule has 3 rings (SSSR count). The van der Waals surface area contributed by atoms with E-state index in [2.05, 4.69) is 43.6 Å². The van der Waals surface area contributed by atoms with E-state index in [4.69, 9.17) is 4.74 Å². The first-order valence-corrected chi connectivity index (χ1v) is 8.62. The zero-order valence-corrected chi connectivity index (χ0v) is 15.5. The second kappa shape index (κ2) is 7.55. The molecule has 4 N–H and O–H groups in total. The topological polar surface area (TPSA) is 103 Å². The molecule has 0 bridgehead atoms. The van der Waals surface area contributed by atoms with E-state index in [-0.39, 0.29) is 18.4 Å². The number of fused-ring (bicyclic) bond motifs is 1. The van der Waals surface area contributed by atoms with Gasteiger partial charge in [0.2, 0.25) is 5.88 Å². The van der Waals surface area contributed by atoms with Gasteiger partial charge >= 0.3 is 0 Å². The van der Waals surface area contributed by atoms with E-state index in [0.717, 1.165) is 24.1 Å². The van der Waals surface area contributed by atoms with Crippen LogP contribution in [0.1, 0.15) is 38.3 Å². The van der Waals surface area contributed by atoms with Crippen LogP contribution in [-0.2, 0) is 0 Å². The highest BCUT2D eigenvalue weighted by Crippen LogP contribution is 2.31. The van der Waals surface area contributed by atoms with E-state index in [1.807, 2.05) is 24.3 Å². The van der Waals surface area contributed by atoms with Crippen molar-refractivity contribution in [2.75, 3.05) is 19.5 Å². The molecule has 3 heterocycles. The Balaban J connectivity index is 1.77. The molecule has 2 aliphatic heterocycles. The first-order valence-electron chi connectivity index (χ1n) is 8.62. The number of nitrogens with one attached hydrogen (secondary N) is 4. The van der Waals surface area contributed by atoms with Gasteiger partial charge in [0.05, 0.1) is 19.0 Å². The number of hydrogen-bond donors (Lipinski definition) is 4.